The number of carbonyl (C=O) groups excluding carboxylic acids is 3. The van der Waals surface area contributed by atoms with Gasteiger partial charge in [0.25, 0.3) is 11.8 Å². The van der Waals surface area contributed by atoms with Gasteiger partial charge >= 0.3 is 5.97 Å². The highest BCUT2D eigenvalue weighted by atomic mass is 35.5. The van der Waals surface area contributed by atoms with Gasteiger partial charge in [-0.1, -0.05) is 47.5 Å². The summed E-state index contributed by atoms with van der Waals surface area (Å²) in [5.74, 6) is -1.17. The second kappa shape index (κ2) is 11.8. The lowest BCUT2D eigenvalue weighted by atomic mass is 10.2. The van der Waals surface area contributed by atoms with E-state index in [1.807, 2.05) is 0 Å². The number of hydrogen-bond donors (Lipinski definition) is 2. The van der Waals surface area contributed by atoms with Crippen molar-refractivity contribution in [2.75, 3.05) is 13.7 Å². The Balaban J connectivity index is 1.56. The average molecular weight is 500 g/mol. The van der Waals surface area contributed by atoms with Crippen LogP contribution in [-0.2, 0) is 4.79 Å². The maximum absolute atomic E-state index is 12.4. The maximum atomic E-state index is 12.4. The molecule has 0 spiro atoms. The normalized spacial score (nSPS) is 10.6. The molecule has 10 heteroatoms. The van der Waals surface area contributed by atoms with Gasteiger partial charge in [0.05, 0.1) is 41.0 Å². The first-order valence-corrected chi connectivity index (χ1v) is 10.6. The number of nitrogens with zero attached hydrogens (tertiary/aromatic N) is 1. The first kappa shape index (κ1) is 24.8. The Hall–Kier alpha value is -3.88. The first-order valence-electron chi connectivity index (χ1n) is 9.88. The van der Waals surface area contributed by atoms with E-state index in [1.165, 1.54) is 19.4 Å². The third-order valence-electron chi connectivity index (χ3n) is 4.41. The lowest BCUT2D eigenvalue weighted by Gasteiger charge is -2.10. The molecule has 0 bridgehead atoms. The Labute approximate surface area is 205 Å². The van der Waals surface area contributed by atoms with Crippen LogP contribution in [0.3, 0.4) is 0 Å². The van der Waals surface area contributed by atoms with Gasteiger partial charge in [0.15, 0.2) is 11.5 Å². The van der Waals surface area contributed by atoms with Gasteiger partial charge in [-0.05, 0) is 48.0 Å². The average Bonchev–Trinajstić information content (AvgIpc) is 2.83. The predicted molar refractivity (Wildman–Crippen MR) is 129 cm³/mol. The molecule has 0 unspecified atom stereocenters. The van der Waals surface area contributed by atoms with Crippen LogP contribution in [0.4, 0.5) is 0 Å². The number of amides is 2. The van der Waals surface area contributed by atoms with Crippen LogP contribution in [0.15, 0.2) is 71.8 Å². The minimum atomic E-state index is -0.628. The summed E-state index contributed by atoms with van der Waals surface area (Å²) in [5.41, 5.74) is 3.36. The summed E-state index contributed by atoms with van der Waals surface area (Å²) in [7, 11) is 1.42. The monoisotopic (exact) mass is 499 g/mol. The van der Waals surface area contributed by atoms with Gasteiger partial charge in [0.1, 0.15) is 0 Å². The van der Waals surface area contributed by atoms with Crippen molar-refractivity contribution in [2.24, 2.45) is 5.10 Å². The fraction of sp³-hybridized carbons (Fsp3) is 0.0833. The summed E-state index contributed by atoms with van der Waals surface area (Å²) in [6.45, 7) is -0.290. The summed E-state index contributed by atoms with van der Waals surface area (Å²) < 4.78 is 10.7. The molecule has 0 aromatic heterocycles. The molecule has 8 nitrogen and oxygen atoms in total. The smallest absolute Gasteiger partial charge is 0.345 e. The highest BCUT2D eigenvalue weighted by Crippen LogP contribution is 2.29. The summed E-state index contributed by atoms with van der Waals surface area (Å²) in [4.78, 5) is 36.4. The van der Waals surface area contributed by atoms with Gasteiger partial charge in [-0.15, -0.1) is 0 Å². The fourth-order valence-corrected chi connectivity index (χ4v) is 3.18. The number of ether oxygens (including phenoxy) is 2. The van der Waals surface area contributed by atoms with E-state index in [-0.39, 0.29) is 39.2 Å². The van der Waals surface area contributed by atoms with Crippen molar-refractivity contribution in [3.05, 3.63) is 93.5 Å². The maximum Gasteiger partial charge on any atom is 0.345 e. The van der Waals surface area contributed by atoms with Crippen LogP contribution >= 0.6 is 23.2 Å². The molecule has 0 atom stereocenters. The van der Waals surface area contributed by atoms with Gasteiger partial charge in [0.2, 0.25) is 0 Å². The fourth-order valence-electron chi connectivity index (χ4n) is 2.75. The number of nitrogens with one attached hydrogen (secondary N) is 2. The van der Waals surface area contributed by atoms with Crippen molar-refractivity contribution < 1.29 is 23.9 Å². The molecule has 3 rings (SSSR count). The minimum absolute atomic E-state index is 0.191. The van der Waals surface area contributed by atoms with Crippen molar-refractivity contribution in [1.29, 1.82) is 0 Å². The number of benzene rings is 3. The number of carbonyl (C=O) groups is 3. The zero-order valence-corrected chi connectivity index (χ0v) is 19.4. The Morgan fingerprint density at radius 1 is 0.912 bits per heavy atom. The summed E-state index contributed by atoms with van der Waals surface area (Å²) in [5, 5.41) is 6.87. The quantitative estimate of drug-likeness (QED) is 0.210. The van der Waals surface area contributed by atoms with E-state index in [4.69, 9.17) is 32.7 Å². The zero-order valence-electron chi connectivity index (χ0n) is 17.9. The largest absolute Gasteiger partial charge is 0.493 e. The highest BCUT2D eigenvalue weighted by Gasteiger charge is 2.15. The van der Waals surface area contributed by atoms with Crippen LogP contribution < -0.4 is 20.2 Å². The van der Waals surface area contributed by atoms with E-state index in [0.717, 1.165) is 0 Å². The number of hydrazone groups is 1. The molecule has 0 radical (unpaired) electrons. The molecule has 3 aromatic carbocycles. The first-order chi connectivity index (χ1) is 16.4. The van der Waals surface area contributed by atoms with Crippen LogP contribution in [0.1, 0.15) is 26.3 Å². The third kappa shape index (κ3) is 6.57. The number of hydrogen-bond acceptors (Lipinski definition) is 6. The molecule has 0 fully saturated rings. The van der Waals surface area contributed by atoms with Crippen molar-refractivity contribution >= 4 is 47.2 Å². The molecule has 34 heavy (non-hydrogen) atoms. The van der Waals surface area contributed by atoms with Crippen LogP contribution in [-0.4, -0.2) is 37.7 Å². The third-order valence-corrected chi connectivity index (χ3v) is 5.07. The van der Waals surface area contributed by atoms with Crippen molar-refractivity contribution in [2.45, 2.75) is 0 Å². The number of esters is 1. The Kier molecular flexibility index (Phi) is 8.61. The molecule has 174 valence electrons. The summed E-state index contributed by atoms with van der Waals surface area (Å²) in [6.07, 6.45) is 1.37. The Bertz CT molecular complexity index is 1250. The molecule has 3 aromatic rings. The van der Waals surface area contributed by atoms with Crippen molar-refractivity contribution in [1.82, 2.24) is 10.7 Å². The zero-order chi connectivity index (χ0) is 24.5. The van der Waals surface area contributed by atoms with Crippen LogP contribution in [0, 0.1) is 0 Å². The Morgan fingerprint density at radius 3 is 2.21 bits per heavy atom. The molecule has 0 aliphatic rings. The molecular formula is C24H19Cl2N3O5. The number of halogens is 2. The molecule has 0 saturated carbocycles. The summed E-state index contributed by atoms with van der Waals surface area (Å²) in [6, 6.07) is 17.7. The highest BCUT2D eigenvalue weighted by molar-refractivity contribution is 6.34. The minimum Gasteiger partial charge on any atom is -0.493 e. The van der Waals surface area contributed by atoms with E-state index >= 15 is 0 Å². The second-order valence-electron chi connectivity index (χ2n) is 6.74. The van der Waals surface area contributed by atoms with Crippen LogP contribution in [0.25, 0.3) is 0 Å². The number of methoxy groups -OCH3 is 1. The van der Waals surface area contributed by atoms with Gasteiger partial charge in [-0.25, -0.2) is 10.2 Å². The van der Waals surface area contributed by atoms with E-state index in [2.05, 4.69) is 15.8 Å². The van der Waals surface area contributed by atoms with Gasteiger partial charge in [0, 0.05) is 0 Å². The molecular weight excluding hydrogens is 481 g/mol. The van der Waals surface area contributed by atoms with Gasteiger partial charge < -0.3 is 14.8 Å². The second-order valence-corrected chi connectivity index (χ2v) is 7.55. The standard InChI is InChI=1S/C24H19Cl2N3O5/c1-33-21-12-15(10-11-20(21)34-24(32)17-7-3-5-9-19(17)26)13-28-29-22(30)14-27-23(31)16-6-2-4-8-18(16)25/h2-13H,14H2,1H3,(H,27,31)(H,29,30)/b28-13+. The lowest BCUT2D eigenvalue weighted by Crippen LogP contribution is -2.35. The summed E-state index contributed by atoms with van der Waals surface area (Å²) >= 11 is 12.0. The van der Waals surface area contributed by atoms with E-state index < -0.39 is 17.8 Å². The molecule has 0 aliphatic carbocycles. The Morgan fingerprint density at radius 2 is 1.56 bits per heavy atom. The van der Waals surface area contributed by atoms with E-state index in [1.54, 1.807) is 60.7 Å². The topological polar surface area (TPSA) is 106 Å². The van der Waals surface area contributed by atoms with Crippen LogP contribution in [0.5, 0.6) is 11.5 Å². The SMILES string of the molecule is COc1cc(/C=N/NC(=O)CNC(=O)c2ccccc2Cl)ccc1OC(=O)c1ccccc1Cl. The predicted octanol–water partition coefficient (Wildman–Crippen LogP) is 4.10. The van der Waals surface area contributed by atoms with Crippen LogP contribution in [0.2, 0.25) is 10.0 Å². The van der Waals surface area contributed by atoms with Gasteiger partial charge in [-0.3, -0.25) is 9.59 Å². The molecule has 0 saturated heterocycles. The van der Waals surface area contributed by atoms with Crippen molar-refractivity contribution in [3.63, 3.8) is 0 Å². The lowest BCUT2D eigenvalue weighted by molar-refractivity contribution is -0.120. The van der Waals surface area contributed by atoms with E-state index in [0.29, 0.717) is 5.56 Å². The molecule has 0 heterocycles. The molecule has 2 N–H and O–H groups in total. The van der Waals surface area contributed by atoms with Crippen molar-refractivity contribution in [3.8, 4) is 11.5 Å². The van der Waals surface area contributed by atoms with Gasteiger partial charge in [-0.2, -0.15) is 5.10 Å². The molecule has 2 amide bonds. The molecule has 0 aliphatic heterocycles. The number of rotatable bonds is 8. The van der Waals surface area contributed by atoms with E-state index in [9.17, 15) is 14.4 Å².